The topological polar surface area (TPSA) is 127 Å². The van der Waals surface area contributed by atoms with Gasteiger partial charge in [-0.05, 0) is 6.07 Å². The second-order valence-electron chi connectivity index (χ2n) is 4.47. The van der Waals surface area contributed by atoms with Gasteiger partial charge in [-0.1, -0.05) is 12.1 Å². The van der Waals surface area contributed by atoms with Gasteiger partial charge in [-0.25, -0.2) is 8.42 Å². The van der Waals surface area contributed by atoms with Crippen molar-refractivity contribution in [2.75, 3.05) is 20.7 Å². The zero-order valence-corrected chi connectivity index (χ0v) is 13.8. The van der Waals surface area contributed by atoms with E-state index in [2.05, 4.69) is 0 Å². The number of nitro groups is 1. The van der Waals surface area contributed by atoms with Gasteiger partial charge in [0.1, 0.15) is 0 Å². The third-order valence-electron chi connectivity index (χ3n) is 2.95. The molecule has 0 aliphatic carbocycles. The van der Waals surface area contributed by atoms with Gasteiger partial charge in [0, 0.05) is 26.8 Å². The van der Waals surface area contributed by atoms with Crippen LogP contribution in [0.4, 0.5) is 5.69 Å². The molecule has 0 radical (unpaired) electrons. The molecule has 1 unspecified atom stereocenters. The van der Waals surface area contributed by atoms with Gasteiger partial charge in [-0.15, -0.1) is 0 Å². The third kappa shape index (κ3) is 5.60. The Morgan fingerprint density at radius 3 is 2.52 bits per heavy atom. The number of benzene rings is 1. The molecule has 0 heterocycles. The van der Waals surface area contributed by atoms with E-state index in [4.69, 9.17) is 9.84 Å². The van der Waals surface area contributed by atoms with Crippen molar-refractivity contribution in [3.05, 3.63) is 34.4 Å². The molecule has 0 aliphatic rings. The van der Waals surface area contributed by atoms with E-state index in [0.29, 0.717) is 0 Å². The Morgan fingerprint density at radius 2 is 2.04 bits per heavy atom. The summed E-state index contributed by atoms with van der Waals surface area (Å²) in [7, 11) is -1.67. The van der Waals surface area contributed by atoms with Crippen LogP contribution >= 0.6 is 0 Å². The summed E-state index contributed by atoms with van der Waals surface area (Å²) in [5.74, 6) is -1.14. The number of likely N-dealkylation sites (N-methyl/N-ethyl adjacent to an activating group) is 1. The van der Waals surface area contributed by atoms with E-state index in [1.54, 1.807) is 0 Å². The summed E-state index contributed by atoms with van der Waals surface area (Å²) in [5, 5.41) is 19.7. The summed E-state index contributed by atoms with van der Waals surface area (Å²) in [4.78, 5) is 20.4. The SMILES string of the molecule is COC(CC(=O)O)CN(C)S(=O)(=O)c1ccccc1[N+](=O)[O-].[H-].[Li+]. The van der Waals surface area contributed by atoms with Crippen molar-refractivity contribution in [2.24, 2.45) is 0 Å². The van der Waals surface area contributed by atoms with Gasteiger partial charge in [0.2, 0.25) is 10.0 Å². The summed E-state index contributed by atoms with van der Waals surface area (Å²) >= 11 is 0. The quantitative estimate of drug-likeness (QED) is 0.324. The summed E-state index contributed by atoms with van der Waals surface area (Å²) in [5.41, 5.74) is -0.540. The Balaban J connectivity index is 0. The smallest absolute Gasteiger partial charge is 1.00 e. The van der Waals surface area contributed by atoms with Gasteiger partial charge < -0.3 is 11.3 Å². The van der Waals surface area contributed by atoms with Crippen LogP contribution in [-0.4, -0.2) is 55.5 Å². The number of carboxylic acid groups (broad SMARTS) is 1. The first-order chi connectivity index (χ1) is 10.2. The summed E-state index contributed by atoms with van der Waals surface area (Å²) < 4.78 is 30.6. The van der Waals surface area contributed by atoms with Crippen molar-refractivity contribution in [1.82, 2.24) is 4.31 Å². The molecular weight excluding hydrogens is 323 g/mol. The average Bonchev–Trinajstić information content (AvgIpc) is 2.45. The Kier molecular flexibility index (Phi) is 8.44. The number of carboxylic acids is 1. The van der Waals surface area contributed by atoms with Gasteiger partial charge in [0.25, 0.3) is 5.69 Å². The predicted molar refractivity (Wildman–Crippen MR) is 77.1 cm³/mol. The molecule has 0 fully saturated rings. The van der Waals surface area contributed by atoms with Crippen LogP contribution in [0.1, 0.15) is 7.85 Å². The Morgan fingerprint density at radius 1 is 1.48 bits per heavy atom. The van der Waals surface area contributed by atoms with Gasteiger partial charge >= 0.3 is 24.8 Å². The molecular formula is C12H17LiN2O7S. The van der Waals surface area contributed by atoms with Crippen LogP contribution in [-0.2, 0) is 19.6 Å². The van der Waals surface area contributed by atoms with E-state index in [9.17, 15) is 23.3 Å². The number of sulfonamides is 1. The van der Waals surface area contributed by atoms with Gasteiger partial charge in [-0.2, -0.15) is 4.31 Å². The Hall–Kier alpha value is -1.44. The number of hydrogen-bond acceptors (Lipinski definition) is 6. The zero-order chi connectivity index (χ0) is 16.9. The summed E-state index contributed by atoms with van der Waals surface area (Å²) in [6.07, 6.45) is -1.24. The van der Waals surface area contributed by atoms with Crippen LogP contribution in [0.15, 0.2) is 29.2 Å². The van der Waals surface area contributed by atoms with E-state index in [-0.39, 0.29) is 33.3 Å². The fraction of sp³-hybridized carbons (Fsp3) is 0.417. The molecule has 0 spiro atoms. The second-order valence-corrected chi connectivity index (χ2v) is 6.48. The molecule has 124 valence electrons. The van der Waals surface area contributed by atoms with Crippen LogP contribution in [0.25, 0.3) is 0 Å². The van der Waals surface area contributed by atoms with E-state index >= 15 is 0 Å². The number of ether oxygens (including phenoxy) is 1. The molecule has 11 heteroatoms. The molecule has 0 aliphatic heterocycles. The molecule has 0 amide bonds. The fourth-order valence-corrected chi connectivity index (χ4v) is 3.15. The monoisotopic (exact) mass is 340 g/mol. The maximum atomic E-state index is 12.4. The number of para-hydroxylation sites is 1. The first-order valence-electron chi connectivity index (χ1n) is 6.14. The molecule has 1 aromatic carbocycles. The maximum Gasteiger partial charge on any atom is 1.00 e. The molecule has 1 rings (SSSR count). The van der Waals surface area contributed by atoms with E-state index in [0.717, 1.165) is 16.4 Å². The van der Waals surface area contributed by atoms with Crippen molar-refractivity contribution in [3.63, 3.8) is 0 Å². The Bertz CT molecular complexity index is 671. The molecule has 0 bridgehead atoms. The zero-order valence-electron chi connectivity index (χ0n) is 14.0. The molecule has 0 aromatic heterocycles. The van der Waals surface area contributed by atoms with Crippen molar-refractivity contribution >= 4 is 21.7 Å². The second kappa shape index (κ2) is 9.00. The van der Waals surface area contributed by atoms with E-state index in [1.165, 1.54) is 26.3 Å². The summed E-state index contributed by atoms with van der Waals surface area (Å²) in [6, 6.07) is 4.95. The third-order valence-corrected chi connectivity index (χ3v) is 4.82. The largest absolute Gasteiger partial charge is 1.00 e. The molecule has 1 aromatic rings. The van der Waals surface area contributed by atoms with Crippen molar-refractivity contribution < 1.29 is 48.3 Å². The average molecular weight is 340 g/mol. The van der Waals surface area contributed by atoms with Crippen LogP contribution in [0.3, 0.4) is 0 Å². The van der Waals surface area contributed by atoms with Crippen LogP contribution < -0.4 is 18.9 Å². The normalized spacial score (nSPS) is 12.5. The summed E-state index contributed by atoms with van der Waals surface area (Å²) in [6.45, 7) is -0.239. The minimum absolute atomic E-state index is 0. The predicted octanol–water partition coefficient (Wildman–Crippen LogP) is -2.18. The number of methoxy groups -OCH3 is 1. The minimum atomic E-state index is -4.14. The van der Waals surface area contributed by atoms with E-state index in [1.807, 2.05) is 0 Å². The Labute approximate surface area is 147 Å². The van der Waals surface area contributed by atoms with Gasteiger partial charge in [0.15, 0.2) is 4.90 Å². The maximum absolute atomic E-state index is 12.4. The minimum Gasteiger partial charge on any atom is -1.00 e. The number of rotatable bonds is 8. The molecule has 0 saturated carbocycles. The molecule has 0 saturated heterocycles. The number of aliphatic carboxylic acids is 1. The number of hydrogen-bond donors (Lipinski definition) is 1. The molecule has 9 nitrogen and oxygen atoms in total. The van der Waals surface area contributed by atoms with Crippen molar-refractivity contribution in [1.29, 1.82) is 0 Å². The number of nitrogens with zero attached hydrogens (tertiary/aromatic N) is 2. The first kappa shape index (κ1) is 21.6. The fourth-order valence-electron chi connectivity index (χ4n) is 1.80. The standard InChI is InChI=1S/C12H16N2O7S.Li.H/c1-13(8-9(21-2)7-12(15)16)22(19,20)11-6-4-3-5-10(11)14(17)18;;/h3-6,9H,7-8H2,1-2H3,(H,15,16);;/q;+1;-1. The first-order valence-corrected chi connectivity index (χ1v) is 7.58. The molecule has 1 N–H and O–H groups in total. The van der Waals surface area contributed by atoms with Crippen LogP contribution in [0.2, 0.25) is 0 Å². The molecule has 23 heavy (non-hydrogen) atoms. The van der Waals surface area contributed by atoms with Gasteiger partial charge in [-0.3, -0.25) is 14.9 Å². The number of carbonyl (C=O) groups is 1. The van der Waals surface area contributed by atoms with Crippen LogP contribution in [0, 0.1) is 10.1 Å². The number of nitro benzene ring substituents is 1. The van der Waals surface area contributed by atoms with Crippen molar-refractivity contribution in [3.8, 4) is 0 Å². The van der Waals surface area contributed by atoms with Crippen molar-refractivity contribution in [2.45, 2.75) is 17.4 Å². The molecule has 1 atom stereocenters. The van der Waals surface area contributed by atoms with E-state index < -0.39 is 37.6 Å². The van der Waals surface area contributed by atoms with Crippen LogP contribution in [0.5, 0.6) is 0 Å². The van der Waals surface area contributed by atoms with Gasteiger partial charge in [0.05, 0.1) is 17.4 Å².